The number of benzene rings is 1. The number of amides is 2. The lowest BCUT2D eigenvalue weighted by atomic mass is 9.96. The van der Waals surface area contributed by atoms with Crippen LogP contribution in [0.3, 0.4) is 0 Å². The van der Waals surface area contributed by atoms with Crippen LogP contribution in [0.15, 0.2) is 30.3 Å². The molecule has 8 heteroatoms. The molecule has 0 radical (unpaired) electrons. The summed E-state index contributed by atoms with van der Waals surface area (Å²) >= 11 is 1.12. The number of hydrogen-bond acceptors (Lipinski definition) is 6. The van der Waals surface area contributed by atoms with Gasteiger partial charge in [0.1, 0.15) is 11.5 Å². The molecule has 1 aliphatic heterocycles. The number of aryl methyl sites for hydroxylation is 1. The van der Waals surface area contributed by atoms with Gasteiger partial charge in [-0.1, -0.05) is 41.7 Å². The zero-order valence-corrected chi connectivity index (χ0v) is 16.8. The minimum Gasteiger partial charge on any atom is -0.457 e. The first-order chi connectivity index (χ1) is 13.4. The number of carbonyl (C=O) groups is 3. The zero-order chi connectivity index (χ0) is 20.1. The van der Waals surface area contributed by atoms with Gasteiger partial charge in [-0.15, -0.1) is 0 Å². The first kappa shape index (κ1) is 20.0. The summed E-state index contributed by atoms with van der Waals surface area (Å²) in [5.41, 5.74) is 1.44. The minimum atomic E-state index is -0.450. The number of nitrogens with one attached hydrogen (secondary N) is 1. The van der Waals surface area contributed by atoms with E-state index in [0.29, 0.717) is 41.6 Å². The summed E-state index contributed by atoms with van der Waals surface area (Å²) in [6.45, 7) is 4.62. The number of aromatic nitrogens is 1. The Labute approximate surface area is 167 Å². The van der Waals surface area contributed by atoms with Crippen molar-refractivity contribution in [2.45, 2.75) is 33.3 Å². The van der Waals surface area contributed by atoms with E-state index in [1.54, 1.807) is 11.8 Å². The van der Waals surface area contributed by atoms with Crippen molar-refractivity contribution in [1.82, 2.24) is 9.88 Å². The Hall–Kier alpha value is -2.74. The van der Waals surface area contributed by atoms with Crippen LogP contribution in [0.4, 0.5) is 5.13 Å². The van der Waals surface area contributed by atoms with Gasteiger partial charge in [-0.3, -0.25) is 9.59 Å². The molecule has 0 saturated carbocycles. The van der Waals surface area contributed by atoms with Crippen LogP contribution in [-0.2, 0) is 20.9 Å². The molecule has 7 nitrogen and oxygen atoms in total. The Morgan fingerprint density at radius 3 is 2.54 bits per heavy atom. The number of anilines is 1. The van der Waals surface area contributed by atoms with Crippen molar-refractivity contribution in [3.63, 3.8) is 0 Å². The normalized spacial score (nSPS) is 14.6. The van der Waals surface area contributed by atoms with Gasteiger partial charge in [0, 0.05) is 25.9 Å². The van der Waals surface area contributed by atoms with Gasteiger partial charge in [-0.25, -0.2) is 9.78 Å². The molecule has 148 valence electrons. The molecule has 0 spiro atoms. The number of ether oxygens (including phenoxy) is 1. The summed E-state index contributed by atoms with van der Waals surface area (Å²) in [6.07, 6.45) is 1.25. The van der Waals surface area contributed by atoms with E-state index >= 15 is 0 Å². The monoisotopic (exact) mass is 401 g/mol. The number of rotatable bonds is 5. The van der Waals surface area contributed by atoms with Crippen molar-refractivity contribution >= 4 is 34.3 Å². The molecule has 1 aliphatic rings. The van der Waals surface area contributed by atoms with Crippen molar-refractivity contribution in [2.75, 3.05) is 18.4 Å². The summed E-state index contributed by atoms with van der Waals surface area (Å²) in [7, 11) is 0. The fourth-order valence-corrected chi connectivity index (χ4v) is 3.96. The maximum absolute atomic E-state index is 12.5. The first-order valence-electron chi connectivity index (χ1n) is 9.19. The summed E-state index contributed by atoms with van der Waals surface area (Å²) in [6, 6.07) is 9.44. The number of thiazole rings is 1. The Morgan fingerprint density at radius 1 is 1.21 bits per heavy atom. The van der Waals surface area contributed by atoms with Crippen LogP contribution >= 0.6 is 11.3 Å². The Morgan fingerprint density at radius 2 is 1.89 bits per heavy atom. The highest BCUT2D eigenvalue weighted by Gasteiger charge is 2.27. The summed E-state index contributed by atoms with van der Waals surface area (Å²) in [5, 5.41) is 3.19. The molecule has 2 amide bonds. The second-order valence-electron chi connectivity index (χ2n) is 6.76. The van der Waals surface area contributed by atoms with Gasteiger partial charge < -0.3 is 15.0 Å². The Balaban J connectivity index is 1.55. The van der Waals surface area contributed by atoms with Crippen LogP contribution in [-0.4, -0.2) is 40.8 Å². The van der Waals surface area contributed by atoms with Crippen molar-refractivity contribution in [3.8, 4) is 0 Å². The molecule has 1 aromatic heterocycles. The Bertz CT molecular complexity index is 858. The molecule has 0 aliphatic carbocycles. The molecular formula is C20H23N3O4S. The van der Waals surface area contributed by atoms with Crippen molar-refractivity contribution in [2.24, 2.45) is 5.92 Å². The van der Waals surface area contributed by atoms with Crippen LogP contribution in [0.25, 0.3) is 0 Å². The smallest absolute Gasteiger partial charge is 0.350 e. The van der Waals surface area contributed by atoms with E-state index in [2.05, 4.69) is 10.3 Å². The van der Waals surface area contributed by atoms with Gasteiger partial charge in [0.25, 0.3) is 0 Å². The maximum atomic E-state index is 12.5. The largest absolute Gasteiger partial charge is 0.457 e. The lowest BCUT2D eigenvalue weighted by Gasteiger charge is -2.30. The van der Waals surface area contributed by atoms with Gasteiger partial charge >= 0.3 is 5.97 Å². The van der Waals surface area contributed by atoms with E-state index in [1.807, 2.05) is 30.3 Å². The quantitative estimate of drug-likeness (QED) is 0.778. The number of likely N-dealkylation sites (tertiary alicyclic amines) is 1. The molecule has 1 saturated heterocycles. The first-order valence-corrected chi connectivity index (χ1v) is 10.0. The van der Waals surface area contributed by atoms with E-state index in [-0.39, 0.29) is 24.3 Å². The van der Waals surface area contributed by atoms with Crippen LogP contribution in [0.2, 0.25) is 0 Å². The third-order valence-electron chi connectivity index (χ3n) is 4.74. The zero-order valence-electron chi connectivity index (χ0n) is 15.9. The molecule has 28 heavy (non-hydrogen) atoms. The second-order valence-corrected chi connectivity index (χ2v) is 7.76. The minimum absolute atomic E-state index is 0.0352. The molecule has 1 N–H and O–H groups in total. The third kappa shape index (κ3) is 4.95. The van der Waals surface area contributed by atoms with E-state index in [4.69, 9.17) is 4.74 Å². The van der Waals surface area contributed by atoms with E-state index in [9.17, 15) is 14.4 Å². The highest BCUT2D eigenvalue weighted by molar-refractivity contribution is 7.17. The second kappa shape index (κ2) is 8.97. The van der Waals surface area contributed by atoms with Gasteiger partial charge in [0.2, 0.25) is 11.8 Å². The van der Waals surface area contributed by atoms with Gasteiger partial charge in [0.15, 0.2) is 5.13 Å². The fraction of sp³-hybridized carbons (Fsp3) is 0.400. The SMILES string of the molecule is CC(=O)N1CCC(C(=O)Nc2nc(C)c(C(=O)OCc3ccccc3)s2)CC1. The number of nitrogens with zero attached hydrogens (tertiary/aromatic N) is 2. The summed E-state index contributed by atoms with van der Waals surface area (Å²) in [5.74, 6) is -0.698. The molecule has 1 fully saturated rings. The lowest BCUT2D eigenvalue weighted by molar-refractivity contribution is -0.132. The standard InChI is InChI=1S/C20H23N3O4S/c1-13-17(19(26)27-12-15-6-4-3-5-7-15)28-20(21-13)22-18(25)16-8-10-23(11-9-16)14(2)24/h3-7,16H,8-12H2,1-2H3,(H,21,22,25). The molecular weight excluding hydrogens is 378 g/mol. The van der Waals surface area contributed by atoms with Crippen molar-refractivity contribution in [1.29, 1.82) is 0 Å². The van der Waals surface area contributed by atoms with Gasteiger partial charge in [-0.2, -0.15) is 0 Å². The topological polar surface area (TPSA) is 88.6 Å². The molecule has 0 atom stereocenters. The van der Waals surface area contributed by atoms with Crippen LogP contribution in [0.5, 0.6) is 0 Å². The predicted molar refractivity (Wildman–Crippen MR) is 106 cm³/mol. The van der Waals surface area contributed by atoms with E-state index in [1.165, 1.54) is 6.92 Å². The van der Waals surface area contributed by atoms with E-state index < -0.39 is 5.97 Å². The summed E-state index contributed by atoms with van der Waals surface area (Å²) < 4.78 is 5.35. The number of esters is 1. The molecule has 2 aromatic rings. The molecule has 2 heterocycles. The average Bonchev–Trinajstić information content (AvgIpc) is 3.07. The van der Waals surface area contributed by atoms with Crippen LogP contribution in [0, 0.1) is 12.8 Å². The maximum Gasteiger partial charge on any atom is 0.350 e. The van der Waals surface area contributed by atoms with Crippen molar-refractivity contribution in [3.05, 3.63) is 46.5 Å². The van der Waals surface area contributed by atoms with Crippen LogP contribution < -0.4 is 5.32 Å². The van der Waals surface area contributed by atoms with Crippen molar-refractivity contribution < 1.29 is 19.1 Å². The van der Waals surface area contributed by atoms with Gasteiger partial charge in [-0.05, 0) is 25.3 Å². The Kier molecular flexibility index (Phi) is 6.41. The molecule has 1 aromatic carbocycles. The predicted octanol–water partition coefficient (Wildman–Crippen LogP) is 3.01. The molecule has 3 rings (SSSR count). The third-order valence-corrected chi connectivity index (χ3v) is 5.79. The molecule has 0 bridgehead atoms. The fourth-order valence-electron chi connectivity index (χ4n) is 3.09. The highest BCUT2D eigenvalue weighted by atomic mass is 32.1. The average molecular weight is 401 g/mol. The van der Waals surface area contributed by atoms with Crippen LogP contribution in [0.1, 0.15) is 40.7 Å². The number of carbonyl (C=O) groups excluding carboxylic acids is 3. The number of hydrogen-bond donors (Lipinski definition) is 1. The summed E-state index contributed by atoms with van der Waals surface area (Å²) in [4.78, 5) is 42.6. The van der Waals surface area contributed by atoms with Gasteiger partial charge in [0.05, 0.1) is 5.69 Å². The molecule has 0 unspecified atom stereocenters. The number of piperidine rings is 1. The highest BCUT2D eigenvalue weighted by Crippen LogP contribution is 2.26. The van der Waals surface area contributed by atoms with E-state index in [0.717, 1.165) is 16.9 Å². The lowest BCUT2D eigenvalue weighted by Crippen LogP contribution is -2.40.